The maximum absolute atomic E-state index is 5.31. The summed E-state index contributed by atoms with van der Waals surface area (Å²) in [7, 11) is 1.62. The lowest BCUT2D eigenvalue weighted by Crippen LogP contribution is -1.95. The third kappa shape index (κ3) is 5.33. The normalized spacial score (nSPS) is 11.0. The number of methoxy groups -OCH3 is 1. The van der Waals surface area contributed by atoms with Gasteiger partial charge in [-0.1, -0.05) is 55.8 Å². The van der Waals surface area contributed by atoms with Gasteiger partial charge in [-0.3, -0.25) is 0 Å². The van der Waals surface area contributed by atoms with Crippen molar-refractivity contribution >= 4 is 55.8 Å². The molecule has 0 fully saturated rings. The van der Waals surface area contributed by atoms with Crippen LogP contribution in [0.2, 0.25) is 0 Å². The van der Waals surface area contributed by atoms with Crippen LogP contribution in [0.15, 0.2) is 61.7 Å². The second kappa shape index (κ2) is 9.20. The second-order valence-electron chi connectivity index (χ2n) is 5.14. The minimum Gasteiger partial charge on any atom is -0.496 e. The van der Waals surface area contributed by atoms with Crippen molar-refractivity contribution in [2.75, 3.05) is 12.5 Å². The van der Waals surface area contributed by atoms with E-state index < -0.39 is 0 Å². The number of thioether (sulfide) groups is 1. The number of hydrogen-bond acceptors (Lipinski definition) is 6. The number of hydrazone groups is 1. The molecule has 26 heavy (non-hydrogen) atoms. The molecule has 0 unspecified atom stereocenters. The monoisotopic (exact) mass is 495 g/mol. The Balaban J connectivity index is 1.58. The van der Waals surface area contributed by atoms with Crippen LogP contribution < -0.4 is 10.2 Å². The summed E-state index contributed by atoms with van der Waals surface area (Å²) in [5.74, 6) is 2.00. The highest BCUT2D eigenvalue weighted by Gasteiger charge is 2.05. The highest BCUT2D eigenvalue weighted by Crippen LogP contribution is 2.23. The predicted octanol–water partition coefficient (Wildman–Crippen LogP) is 5.08. The van der Waals surface area contributed by atoms with E-state index in [-0.39, 0.29) is 0 Å². The fourth-order valence-corrected chi connectivity index (χ4v) is 3.67. The lowest BCUT2D eigenvalue weighted by molar-refractivity contribution is 0.414. The molecule has 0 atom stereocenters. The summed E-state index contributed by atoms with van der Waals surface area (Å²) >= 11 is 8.45. The molecule has 0 bridgehead atoms. The summed E-state index contributed by atoms with van der Waals surface area (Å²) in [6.07, 6.45) is 1.67. The minimum absolute atomic E-state index is 0.479. The molecule has 6 nitrogen and oxygen atoms in total. The molecule has 0 aliphatic heterocycles. The van der Waals surface area contributed by atoms with E-state index in [0.29, 0.717) is 11.1 Å². The Hall–Kier alpha value is -1.84. The van der Waals surface area contributed by atoms with Crippen LogP contribution in [0.3, 0.4) is 0 Å². The molecule has 0 saturated carbocycles. The van der Waals surface area contributed by atoms with Crippen LogP contribution in [0.1, 0.15) is 11.1 Å². The number of benzene rings is 2. The van der Waals surface area contributed by atoms with E-state index >= 15 is 0 Å². The molecule has 3 rings (SSSR count). The number of aromatic amines is 1. The van der Waals surface area contributed by atoms with Gasteiger partial charge in [-0.2, -0.15) is 10.1 Å². The zero-order valence-corrected chi connectivity index (χ0v) is 17.7. The van der Waals surface area contributed by atoms with Crippen LogP contribution in [-0.4, -0.2) is 28.5 Å². The SMILES string of the molecule is COc1ccc(Br)cc1/C=N\Nc1nc(SCc2cccc(Br)c2)n[nH]1. The molecule has 2 aromatic carbocycles. The molecule has 3 aromatic rings. The molecule has 0 amide bonds. The third-order valence-corrected chi connectivity index (χ3v) is 5.19. The number of halogens is 2. The molecule has 0 aliphatic carbocycles. The summed E-state index contributed by atoms with van der Waals surface area (Å²) in [5, 5.41) is 11.8. The highest BCUT2D eigenvalue weighted by atomic mass is 79.9. The molecule has 1 aromatic heterocycles. The van der Waals surface area contributed by atoms with Crippen molar-refractivity contribution in [1.82, 2.24) is 15.2 Å². The average molecular weight is 497 g/mol. The minimum atomic E-state index is 0.479. The van der Waals surface area contributed by atoms with Gasteiger partial charge in [0.25, 0.3) is 0 Å². The van der Waals surface area contributed by atoms with E-state index in [9.17, 15) is 0 Å². The van der Waals surface area contributed by atoms with E-state index in [1.165, 1.54) is 5.56 Å². The van der Waals surface area contributed by atoms with Gasteiger partial charge in [0, 0.05) is 20.3 Å². The summed E-state index contributed by atoms with van der Waals surface area (Å²) in [6, 6.07) is 13.9. The number of nitrogens with one attached hydrogen (secondary N) is 2. The van der Waals surface area contributed by atoms with Crippen LogP contribution in [0, 0.1) is 0 Å². The first-order chi connectivity index (χ1) is 12.6. The van der Waals surface area contributed by atoms with Gasteiger partial charge in [0.05, 0.1) is 13.3 Å². The lowest BCUT2D eigenvalue weighted by atomic mass is 10.2. The molecule has 9 heteroatoms. The fraction of sp³-hybridized carbons (Fsp3) is 0.118. The first-order valence-electron chi connectivity index (χ1n) is 7.56. The summed E-state index contributed by atoms with van der Waals surface area (Å²) < 4.78 is 7.32. The predicted molar refractivity (Wildman–Crippen MR) is 112 cm³/mol. The Bertz CT molecular complexity index is 916. The number of H-pyrrole nitrogens is 1. The Kier molecular flexibility index (Phi) is 6.70. The molecule has 2 N–H and O–H groups in total. The molecule has 1 heterocycles. The van der Waals surface area contributed by atoms with Crippen molar-refractivity contribution in [3.8, 4) is 5.75 Å². The Labute approximate surface area is 172 Å². The van der Waals surface area contributed by atoms with E-state index in [0.717, 1.165) is 26.0 Å². The van der Waals surface area contributed by atoms with Gasteiger partial charge in [0.1, 0.15) is 5.75 Å². The first-order valence-corrected chi connectivity index (χ1v) is 10.1. The van der Waals surface area contributed by atoms with Crippen LogP contribution in [0.4, 0.5) is 5.95 Å². The van der Waals surface area contributed by atoms with Gasteiger partial charge in [0.15, 0.2) is 0 Å². The number of nitrogens with zero attached hydrogens (tertiary/aromatic N) is 3. The number of anilines is 1. The van der Waals surface area contributed by atoms with Crippen molar-refractivity contribution in [2.45, 2.75) is 10.9 Å². The fourth-order valence-electron chi connectivity index (χ4n) is 2.10. The smallest absolute Gasteiger partial charge is 0.240 e. The van der Waals surface area contributed by atoms with Crippen LogP contribution in [0.5, 0.6) is 5.75 Å². The van der Waals surface area contributed by atoms with Gasteiger partial charge >= 0.3 is 0 Å². The largest absolute Gasteiger partial charge is 0.496 e. The van der Waals surface area contributed by atoms with Crippen molar-refractivity contribution in [3.63, 3.8) is 0 Å². The van der Waals surface area contributed by atoms with E-state index in [1.807, 2.05) is 30.3 Å². The van der Waals surface area contributed by atoms with Crippen molar-refractivity contribution in [3.05, 3.63) is 62.5 Å². The number of rotatable bonds is 7. The Morgan fingerprint density at radius 2 is 2.08 bits per heavy atom. The number of ether oxygens (including phenoxy) is 1. The van der Waals surface area contributed by atoms with E-state index in [1.54, 1.807) is 25.1 Å². The summed E-state index contributed by atoms with van der Waals surface area (Å²) in [5.41, 5.74) is 4.88. The van der Waals surface area contributed by atoms with Gasteiger partial charge in [-0.25, -0.2) is 10.5 Å². The molecule has 0 radical (unpaired) electrons. The highest BCUT2D eigenvalue weighted by molar-refractivity contribution is 9.10. The molecule has 134 valence electrons. The summed E-state index contributed by atoms with van der Waals surface area (Å²) in [4.78, 5) is 4.36. The topological polar surface area (TPSA) is 75.2 Å². The van der Waals surface area contributed by atoms with Crippen molar-refractivity contribution < 1.29 is 4.74 Å². The molecule has 0 saturated heterocycles. The first kappa shape index (κ1) is 18.9. The van der Waals surface area contributed by atoms with Gasteiger partial charge in [-0.15, -0.1) is 5.10 Å². The van der Waals surface area contributed by atoms with Gasteiger partial charge < -0.3 is 4.74 Å². The molecule has 0 spiro atoms. The van der Waals surface area contributed by atoms with Gasteiger partial charge in [0.2, 0.25) is 11.1 Å². The van der Waals surface area contributed by atoms with E-state index in [2.05, 4.69) is 69.7 Å². The zero-order chi connectivity index (χ0) is 18.4. The van der Waals surface area contributed by atoms with Gasteiger partial charge in [-0.05, 0) is 35.9 Å². The number of hydrogen-bond donors (Lipinski definition) is 2. The maximum atomic E-state index is 5.31. The standard InChI is InChI=1S/C17H15Br2N5OS/c1-25-15-6-5-14(19)8-12(15)9-20-22-16-21-17(24-23-16)26-10-11-3-2-4-13(18)7-11/h2-9H,10H2,1H3,(H2,21,22,23,24)/b20-9-. The van der Waals surface area contributed by atoms with E-state index in [4.69, 9.17) is 4.74 Å². The van der Waals surface area contributed by atoms with Crippen LogP contribution >= 0.6 is 43.6 Å². The quantitative estimate of drug-likeness (QED) is 0.271. The Morgan fingerprint density at radius 1 is 1.23 bits per heavy atom. The van der Waals surface area contributed by atoms with Crippen molar-refractivity contribution in [2.24, 2.45) is 5.10 Å². The average Bonchev–Trinajstić information content (AvgIpc) is 3.08. The third-order valence-electron chi connectivity index (χ3n) is 3.29. The van der Waals surface area contributed by atoms with Crippen LogP contribution in [-0.2, 0) is 5.75 Å². The molecular weight excluding hydrogens is 482 g/mol. The molecule has 0 aliphatic rings. The maximum Gasteiger partial charge on any atom is 0.240 e. The second-order valence-corrected chi connectivity index (χ2v) is 7.92. The molecular formula is C17H15Br2N5OS. The lowest BCUT2D eigenvalue weighted by Gasteiger charge is -2.04. The zero-order valence-electron chi connectivity index (χ0n) is 13.7. The summed E-state index contributed by atoms with van der Waals surface area (Å²) in [6.45, 7) is 0. The van der Waals surface area contributed by atoms with Crippen LogP contribution in [0.25, 0.3) is 0 Å². The Morgan fingerprint density at radius 3 is 2.88 bits per heavy atom. The van der Waals surface area contributed by atoms with Crippen molar-refractivity contribution in [1.29, 1.82) is 0 Å². The number of aromatic nitrogens is 3.